The fraction of sp³-hybridized carbons (Fsp3) is 1.00. The number of aliphatic hydroxyl groups excluding tert-OH is 1. The summed E-state index contributed by atoms with van der Waals surface area (Å²) in [6, 6.07) is 0. The first kappa shape index (κ1) is 12.0. The Kier molecular flexibility index (Phi) is 4.35. The predicted molar refractivity (Wildman–Crippen MR) is 57.1 cm³/mol. The molecule has 0 aromatic carbocycles. The molecule has 0 heterocycles. The maximum atomic E-state index is 8.98. The average molecular weight is 201 g/mol. The summed E-state index contributed by atoms with van der Waals surface area (Å²) in [6.07, 6.45) is 5.32. The van der Waals surface area contributed by atoms with Crippen LogP contribution in [0, 0.1) is 5.92 Å². The number of nitrogens with two attached hydrogens (primary N) is 1. The topological polar surface area (TPSA) is 55.5 Å². The van der Waals surface area contributed by atoms with Gasteiger partial charge in [0.2, 0.25) is 0 Å². The summed E-state index contributed by atoms with van der Waals surface area (Å²) in [5.41, 5.74) is 5.22. The molecule has 0 bridgehead atoms. The molecule has 0 aliphatic heterocycles. The van der Waals surface area contributed by atoms with Crippen LogP contribution < -0.4 is 5.73 Å². The van der Waals surface area contributed by atoms with E-state index in [-0.39, 0.29) is 6.61 Å². The Labute approximate surface area is 86.6 Å². The molecule has 3 unspecified atom stereocenters. The van der Waals surface area contributed by atoms with E-state index in [1.54, 1.807) is 0 Å². The van der Waals surface area contributed by atoms with Gasteiger partial charge in [0.1, 0.15) is 0 Å². The molecular formula is C11H23NO2. The van der Waals surface area contributed by atoms with Gasteiger partial charge in [-0.2, -0.15) is 0 Å². The monoisotopic (exact) mass is 201 g/mol. The summed E-state index contributed by atoms with van der Waals surface area (Å²) >= 11 is 0. The maximum absolute atomic E-state index is 8.98. The van der Waals surface area contributed by atoms with Gasteiger partial charge in [0.15, 0.2) is 0 Å². The van der Waals surface area contributed by atoms with E-state index in [1.807, 2.05) is 6.92 Å². The largest absolute Gasteiger partial charge is 0.394 e. The number of aliphatic hydroxyl groups is 1. The standard InChI is InChI=1S/C11H23NO2/c1-9-5-3-4-6-10(9)14-8-11(2,12)7-13/h9-10,13H,3-8,12H2,1-2H3. The minimum Gasteiger partial charge on any atom is -0.394 e. The zero-order valence-corrected chi connectivity index (χ0v) is 9.33. The summed E-state index contributed by atoms with van der Waals surface area (Å²) in [4.78, 5) is 0. The van der Waals surface area contributed by atoms with Crippen LogP contribution >= 0.6 is 0 Å². The van der Waals surface area contributed by atoms with Crippen LogP contribution in [-0.2, 0) is 4.74 Å². The highest BCUT2D eigenvalue weighted by molar-refractivity contribution is 4.79. The smallest absolute Gasteiger partial charge is 0.0669 e. The van der Waals surface area contributed by atoms with Crippen molar-refractivity contribution in [3.05, 3.63) is 0 Å². The van der Waals surface area contributed by atoms with Crippen LogP contribution in [0.1, 0.15) is 39.5 Å². The quantitative estimate of drug-likeness (QED) is 0.720. The first-order valence-electron chi connectivity index (χ1n) is 5.56. The Bertz CT molecular complexity index is 171. The summed E-state index contributed by atoms with van der Waals surface area (Å²) < 4.78 is 5.77. The third-order valence-electron chi connectivity index (χ3n) is 3.02. The zero-order chi connectivity index (χ0) is 10.6. The van der Waals surface area contributed by atoms with Crippen molar-refractivity contribution in [2.24, 2.45) is 11.7 Å². The second-order valence-electron chi connectivity index (χ2n) is 4.92. The minimum atomic E-state index is -0.586. The molecule has 1 rings (SSSR count). The second-order valence-corrected chi connectivity index (χ2v) is 4.92. The lowest BCUT2D eigenvalue weighted by atomic mass is 9.88. The van der Waals surface area contributed by atoms with Crippen molar-refractivity contribution < 1.29 is 9.84 Å². The molecule has 1 aliphatic carbocycles. The third kappa shape index (κ3) is 3.56. The summed E-state index contributed by atoms with van der Waals surface area (Å²) in [5.74, 6) is 0.637. The fourth-order valence-corrected chi connectivity index (χ4v) is 1.87. The van der Waals surface area contributed by atoms with E-state index in [0.717, 1.165) is 6.42 Å². The molecule has 0 aromatic heterocycles. The van der Waals surface area contributed by atoms with Gasteiger partial charge in [-0.3, -0.25) is 0 Å². The molecule has 3 heteroatoms. The van der Waals surface area contributed by atoms with Crippen molar-refractivity contribution in [3.8, 4) is 0 Å². The molecule has 1 aliphatic rings. The van der Waals surface area contributed by atoms with E-state index in [9.17, 15) is 0 Å². The summed E-state index contributed by atoms with van der Waals surface area (Å²) in [5, 5.41) is 8.98. The van der Waals surface area contributed by atoms with Gasteiger partial charge in [-0.05, 0) is 25.7 Å². The van der Waals surface area contributed by atoms with E-state index < -0.39 is 5.54 Å². The van der Waals surface area contributed by atoms with Crippen LogP contribution in [0.4, 0.5) is 0 Å². The van der Waals surface area contributed by atoms with E-state index in [1.165, 1.54) is 19.3 Å². The fourth-order valence-electron chi connectivity index (χ4n) is 1.87. The molecule has 1 saturated carbocycles. The van der Waals surface area contributed by atoms with Gasteiger partial charge in [0.05, 0.1) is 24.9 Å². The molecule has 3 atom stereocenters. The number of rotatable bonds is 4. The lowest BCUT2D eigenvalue weighted by Crippen LogP contribution is -2.46. The lowest BCUT2D eigenvalue weighted by molar-refractivity contribution is -0.0339. The molecule has 0 amide bonds. The molecule has 84 valence electrons. The van der Waals surface area contributed by atoms with Gasteiger partial charge in [-0.15, -0.1) is 0 Å². The molecule has 0 saturated heterocycles. The van der Waals surface area contributed by atoms with Crippen LogP contribution in [0.25, 0.3) is 0 Å². The second kappa shape index (κ2) is 5.10. The van der Waals surface area contributed by atoms with Crippen LogP contribution in [0.2, 0.25) is 0 Å². The molecule has 14 heavy (non-hydrogen) atoms. The van der Waals surface area contributed by atoms with Crippen LogP contribution in [0.5, 0.6) is 0 Å². The molecule has 0 aromatic rings. The Morgan fingerprint density at radius 2 is 2.07 bits per heavy atom. The van der Waals surface area contributed by atoms with Crippen LogP contribution in [0.15, 0.2) is 0 Å². The summed E-state index contributed by atoms with van der Waals surface area (Å²) in [6.45, 7) is 4.49. The Hall–Kier alpha value is -0.120. The molecule has 0 spiro atoms. The average Bonchev–Trinajstić information content (AvgIpc) is 2.17. The van der Waals surface area contributed by atoms with Crippen LogP contribution in [-0.4, -0.2) is 30.0 Å². The van der Waals surface area contributed by atoms with Gasteiger partial charge in [-0.1, -0.05) is 19.8 Å². The molecule has 0 radical (unpaired) electrons. The Morgan fingerprint density at radius 3 is 2.64 bits per heavy atom. The van der Waals surface area contributed by atoms with Crippen molar-refractivity contribution >= 4 is 0 Å². The minimum absolute atomic E-state index is 0.0197. The predicted octanol–water partition coefficient (Wildman–Crippen LogP) is 1.29. The van der Waals surface area contributed by atoms with Crippen molar-refractivity contribution in [1.82, 2.24) is 0 Å². The molecule has 3 nitrogen and oxygen atoms in total. The van der Waals surface area contributed by atoms with E-state index >= 15 is 0 Å². The van der Waals surface area contributed by atoms with Crippen molar-refractivity contribution in [2.75, 3.05) is 13.2 Å². The first-order valence-corrected chi connectivity index (χ1v) is 5.56. The SMILES string of the molecule is CC1CCCCC1OCC(C)(N)CO. The van der Waals surface area contributed by atoms with E-state index in [4.69, 9.17) is 15.6 Å². The lowest BCUT2D eigenvalue weighted by Gasteiger charge is -2.32. The van der Waals surface area contributed by atoms with Crippen LogP contribution in [0.3, 0.4) is 0 Å². The molecule has 3 N–H and O–H groups in total. The number of ether oxygens (including phenoxy) is 1. The van der Waals surface area contributed by atoms with Gasteiger partial charge in [0.25, 0.3) is 0 Å². The number of hydrogen-bond acceptors (Lipinski definition) is 3. The Balaban J connectivity index is 2.29. The highest BCUT2D eigenvalue weighted by atomic mass is 16.5. The van der Waals surface area contributed by atoms with Crippen molar-refractivity contribution in [1.29, 1.82) is 0 Å². The maximum Gasteiger partial charge on any atom is 0.0669 e. The van der Waals surface area contributed by atoms with Crippen molar-refractivity contribution in [3.63, 3.8) is 0 Å². The molecule has 1 fully saturated rings. The van der Waals surface area contributed by atoms with Gasteiger partial charge in [-0.25, -0.2) is 0 Å². The Morgan fingerprint density at radius 1 is 1.43 bits per heavy atom. The normalized spacial score (nSPS) is 32.6. The highest BCUT2D eigenvalue weighted by Gasteiger charge is 2.25. The van der Waals surface area contributed by atoms with E-state index in [2.05, 4.69) is 6.92 Å². The van der Waals surface area contributed by atoms with Gasteiger partial charge < -0.3 is 15.6 Å². The van der Waals surface area contributed by atoms with Crippen molar-refractivity contribution in [2.45, 2.75) is 51.2 Å². The third-order valence-corrected chi connectivity index (χ3v) is 3.02. The zero-order valence-electron chi connectivity index (χ0n) is 9.33. The van der Waals surface area contributed by atoms with Gasteiger partial charge in [0, 0.05) is 0 Å². The number of hydrogen-bond donors (Lipinski definition) is 2. The first-order chi connectivity index (χ1) is 6.55. The summed E-state index contributed by atoms with van der Waals surface area (Å²) in [7, 11) is 0. The highest BCUT2D eigenvalue weighted by Crippen LogP contribution is 2.26. The van der Waals surface area contributed by atoms with E-state index in [0.29, 0.717) is 18.6 Å². The van der Waals surface area contributed by atoms with Gasteiger partial charge >= 0.3 is 0 Å². The molecular weight excluding hydrogens is 178 g/mol.